The number of carbonyl (C=O) groups is 4. The van der Waals surface area contributed by atoms with E-state index in [9.17, 15) is 39.6 Å². The van der Waals surface area contributed by atoms with Gasteiger partial charge in [-0.3, -0.25) is 19.2 Å². The van der Waals surface area contributed by atoms with Crippen molar-refractivity contribution in [3.63, 3.8) is 0 Å². The highest BCUT2D eigenvalue weighted by Crippen LogP contribution is 2.32. The minimum atomic E-state index is -1.22. The Morgan fingerprint density at radius 1 is 0.735 bits per heavy atom. The molecule has 4 aromatic rings. The molecule has 0 aliphatic heterocycles. The van der Waals surface area contributed by atoms with E-state index in [0.29, 0.717) is 0 Å². The number of aromatic nitrogens is 1. The van der Waals surface area contributed by atoms with Gasteiger partial charge in [0.15, 0.2) is 0 Å². The molecule has 49 heavy (non-hydrogen) atoms. The molecule has 260 valence electrons. The van der Waals surface area contributed by atoms with Crippen molar-refractivity contribution in [2.24, 2.45) is 0 Å². The Labute approximate surface area is 303 Å². The first kappa shape index (κ1) is 38.5. The van der Waals surface area contributed by atoms with Crippen LogP contribution in [0.1, 0.15) is 23.1 Å². The third-order valence-electron chi connectivity index (χ3n) is 7.05. The SMILES string of the molecule is CC[n+]1c(/C=C/c2ccc(N(CC(=O)O)CC(=O)O)c(OCCOc3cc(C)ccc3N(CC(=O)O)CC(=O)O)c2)sc2ccccc21.[I-]. The van der Waals surface area contributed by atoms with Gasteiger partial charge < -0.3 is 63.7 Å². The molecule has 0 aliphatic carbocycles. The second-order valence-electron chi connectivity index (χ2n) is 10.7. The average Bonchev–Trinajstić information content (AvgIpc) is 3.38. The quantitative estimate of drug-likeness (QED) is 0.0641. The molecule has 0 unspecified atom stereocenters. The van der Waals surface area contributed by atoms with Crippen LogP contribution in [0.15, 0.2) is 60.7 Å². The molecule has 0 atom stereocenters. The van der Waals surface area contributed by atoms with E-state index >= 15 is 0 Å². The zero-order valence-electron chi connectivity index (χ0n) is 26.7. The number of para-hydroxylation sites is 1. The Bertz CT molecular complexity index is 1810. The van der Waals surface area contributed by atoms with Gasteiger partial charge in [-0.25, -0.2) is 0 Å². The number of hydrogen-bond acceptors (Lipinski definition) is 9. The number of nitrogens with zero attached hydrogens (tertiary/aromatic N) is 3. The molecule has 1 heterocycles. The van der Waals surface area contributed by atoms with Gasteiger partial charge in [0.25, 0.3) is 5.01 Å². The highest BCUT2D eigenvalue weighted by Gasteiger charge is 2.21. The van der Waals surface area contributed by atoms with Gasteiger partial charge in [-0.05, 0) is 61.4 Å². The second kappa shape index (κ2) is 18.0. The molecule has 13 nitrogen and oxygen atoms in total. The summed E-state index contributed by atoms with van der Waals surface area (Å²) in [7, 11) is 0. The Morgan fingerprint density at radius 3 is 1.78 bits per heavy atom. The molecule has 3 aromatic carbocycles. The Kier molecular flexibility index (Phi) is 14.2. The summed E-state index contributed by atoms with van der Waals surface area (Å²) in [4.78, 5) is 48.4. The fraction of sp³-hybridized carbons (Fsp3) is 0.265. The van der Waals surface area contributed by atoms with Crippen LogP contribution in [-0.2, 0) is 25.7 Å². The summed E-state index contributed by atoms with van der Waals surface area (Å²) < 4.78 is 15.3. The van der Waals surface area contributed by atoms with Crippen molar-refractivity contribution in [3.05, 3.63) is 76.8 Å². The van der Waals surface area contributed by atoms with Crippen LogP contribution >= 0.6 is 11.3 Å². The van der Waals surface area contributed by atoms with E-state index in [2.05, 4.69) is 23.6 Å². The highest BCUT2D eigenvalue weighted by molar-refractivity contribution is 7.18. The van der Waals surface area contributed by atoms with Crippen molar-refractivity contribution in [2.45, 2.75) is 20.4 Å². The lowest BCUT2D eigenvalue weighted by atomic mass is 10.1. The fourth-order valence-corrected chi connectivity index (χ4v) is 6.22. The molecular weight excluding hydrogens is 769 g/mol. The normalized spacial score (nSPS) is 10.8. The first-order chi connectivity index (χ1) is 22.9. The number of ether oxygens (including phenoxy) is 2. The molecule has 1 aromatic heterocycles. The smallest absolute Gasteiger partial charge is 0.323 e. The lowest BCUT2D eigenvalue weighted by molar-refractivity contribution is -0.665. The summed E-state index contributed by atoms with van der Waals surface area (Å²) in [5.74, 6) is -4.38. The standard InChI is InChI=1S/C34H35N3O10S.HI/c1-3-37-26-6-4-5-7-29(26)48-30(37)13-10-23-9-12-25(36(20-33(42)43)21-34(44)45)28(17-23)47-15-14-46-27-16-22(2)8-11-24(27)35(18-31(38)39)19-32(40)41;/h4-13,16-17H,3,14-15,18-21H2,1-2H3,(H3-,38,39,40,41,42,43,44,45);1H. The van der Waals surface area contributed by atoms with Gasteiger partial charge >= 0.3 is 23.9 Å². The second-order valence-corrected chi connectivity index (χ2v) is 11.7. The van der Waals surface area contributed by atoms with Crippen LogP contribution < -0.4 is 47.8 Å². The van der Waals surface area contributed by atoms with Crippen LogP contribution in [0.4, 0.5) is 11.4 Å². The van der Waals surface area contributed by atoms with Crippen molar-refractivity contribution in [1.82, 2.24) is 0 Å². The Morgan fingerprint density at radius 2 is 1.24 bits per heavy atom. The molecule has 0 radical (unpaired) electrons. The van der Waals surface area contributed by atoms with E-state index in [0.717, 1.165) is 32.9 Å². The number of carboxylic acid groups (broad SMARTS) is 4. The lowest BCUT2D eigenvalue weighted by Crippen LogP contribution is -3.00. The maximum Gasteiger partial charge on any atom is 0.323 e. The number of aryl methyl sites for hydroxylation is 2. The molecule has 0 bridgehead atoms. The third-order valence-corrected chi connectivity index (χ3v) is 8.19. The molecule has 0 amide bonds. The number of hydrogen-bond donors (Lipinski definition) is 4. The van der Waals surface area contributed by atoms with E-state index in [4.69, 9.17) is 9.47 Å². The topological polar surface area (TPSA) is 178 Å². The molecule has 0 aliphatic rings. The van der Waals surface area contributed by atoms with Crippen molar-refractivity contribution >= 4 is 69.0 Å². The van der Waals surface area contributed by atoms with Crippen LogP contribution in [0.2, 0.25) is 0 Å². The number of halogens is 1. The van der Waals surface area contributed by atoms with E-state index in [1.807, 2.05) is 24.3 Å². The van der Waals surface area contributed by atoms with E-state index < -0.39 is 50.1 Å². The minimum absolute atomic E-state index is 0. The molecule has 0 saturated carbocycles. The third kappa shape index (κ3) is 10.8. The molecule has 0 saturated heterocycles. The summed E-state index contributed by atoms with van der Waals surface area (Å²) >= 11 is 1.64. The maximum absolute atomic E-state index is 11.6. The highest BCUT2D eigenvalue weighted by atomic mass is 127. The predicted molar refractivity (Wildman–Crippen MR) is 180 cm³/mol. The lowest BCUT2D eigenvalue weighted by Gasteiger charge is -2.25. The molecule has 4 N–H and O–H groups in total. The van der Waals surface area contributed by atoms with Crippen LogP contribution in [0, 0.1) is 6.92 Å². The van der Waals surface area contributed by atoms with Crippen LogP contribution in [-0.4, -0.2) is 83.7 Å². The minimum Gasteiger partial charge on any atom is -1.00 e. The van der Waals surface area contributed by atoms with Gasteiger partial charge in [0.05, 0.1) is 11.4 Å². The van der Waals surface area contributed by atoms with Gasteiger partial charge in [0.2, 0.25) is 5.52 Å². The fourth-order valence-electron chi connectivity index (χ4n) is 5.09. The predicted octanol–water partition coefficient (Wildman–Crippen LogP) is 1.10. The first-order valence-electron chi connectivity index (χ1n) is 14.9. The number of rotatable bonds is 18. The van der Waals surface area contributed by atoms with E-state index in [1.165, 1.54) is 9.80 Å². The van der Waals surface area contributed by atoms with Crippen molar-refractivity contribution < 1.29 is 77.6 Å². The van der Waals surface area contributed by atoms with Crippen molar-refractivity contribution in [1.29, 1.82) is 0 Å². The number of benzene rings is 3. The first-order valence-corrected chi connectivity index (χ1v) is 15.7. The summed E-state index contributed by atoms with van der Waals surface area (Å²) in [5, 5.41) is 38.6. The van der Waals surface area contributed by atoms with Gasteiger partial charge in [0, 0.05) is 12.1 Å². The van der Waals surface area contributed by atoms with Gasteiger partial charge in [-0.1, -0.05) is 35.6 Å². The van der Waals surface area contributed by atoms with Crippen LogP contribution in [0.5, 0.6) is 11.5 Å². The molecule has 0 fully saturated rings. The van der Waals surface area contributed by atoms with Crippen molar-refractivity contribution in [2.75, 3.05) is 49.2 Å². The van der Waals surface area contributed by atoms with E-state index in [1.54, 1.807) is 54.7 Å². The zero-order chi connectivity index (χ0) is 34.8. The number of carboxylic acids is 4. The number of fused-ring (bicyclic) bond motifs is 1. The van der Waals surface area contributed by atoms with Gasteiger partial charge in [0.1, 0.15) is 62.1 Å². The van der Waals surface area contributed by atoms with E-state index in [-0.39, 0.29) is 60.1 Å². The molecule has 4 rings (SSSR count). The Hall–Kier alpha value is -4.90. The molecular formula is C34H36IN3O10S. The number of thiazole rings is 1. The number of anilines is 2. The zero-order valence-corrected chi connectivity index (χ0v) is 29.7. The summed E-state index contributed by atoms with van der Waals surface area (Å²) in [6, 6.07) is 18.1. The van der Waals surface area contributed by atoms with Crippen LogP contribution in [0.3, 0.4) is 0 Å². The number of aliphatic carboxylic acids is 4. The van der Waals surface area contributed by atoms with Crippen LogP contribution in [0.25, 0.3) is 22.4 Å². The maximum atomic E-state index is 11.6. The van der Waals surface area contributed by atoms with Crippen molar-refractivity contribution in [3.8, 4) is 11.5 Å². The molecule has 0 spiro atoms. The summed E-state index contributed by atoms with van der Waals surface area (Å²) in [6.07, 6.45) is 3.86. The largest absolute Gasteiger partial charge is 1.00 e. The average molecular weight is 806 g/mol. The summed E-state index contributed by atoms with van der Waals surface area (Å²) in [6.45, 7) is 2.23. The summed E-state index contributed by atoms with van der Waals surface area (Å²) in [5.41, 5.74) is 3.17. The monoisotopic (exact) mass is 805 g/mol. The molecule has 15 heteroatoms. The Balaban J connectivity index is 0.00000650. The van der Waals surface area contributed by atoms with Gasteiger partial charge in [-0.2, -0.15) is 4.57 Å². The van der Waals surface area contributed by atoms with Gasteiger partial charge in [-0.15, -0.1) is 0 Å².